The fourth-order valence-electron chi connectivity index (χ4n) is 2.78. The molecule has 17 heavy (non-hydrogen) atoms. The number of carbonyl (C=O) groups excluding carboxylic acids is 3. The second-order valence-corrected chi connectivity index (χ2v) is 4.45. The molecule has 2 aliphatic rings. The third-order valence-electron chi connectivity index (χ3n) is 3.69. The van der Waals surface area contributed by atoms with Crippen molar-refractivity contribution in [2.45, 2.75) is 31.8 Å². The predicted octanol–water partition coefficient (Wildman–Crippen LogP) is -1.30. The van der Waals surface area contributed by atoms with Crippen LogP contribution in [0.15, 0.2) is 0 Å². The number of hydrazine groups is 1. The molecular weight excluding hydrogens is 228 g/mol. The van der Waals surface area contributed by atoms with Gasteiger partial charge in [0, 0.05) is 6.42 Å². The van der Waals surface area contributed by atoms with Crippen molar-refractivity contribution in [3.63, 3.8) is 0 Å². The first-order chi connectivity index (χ1) is 7.95. The quantitative estimate of drug-likeness (QED) is 0.174. The Balaban J connectivity index is 2.46. The summed E-state index contributed by atoms with van der Waals surface area (Å²) in [6.45, 7) is 1.37. The largest absolute Gasteiger partial charge is 0.451 e. The summed E-state index contributed by atoms with van der Waals surface area (Å²) < 4.78 is -0.663. The van der Waals surface area contributed by atoms with Crippen LogP contribution in [0.1, 0.15) is 19.8 Å². The van der Waals surface area contributed by atoms with Crippen molar-refractivity contribution in [2.75, 3.05) is 6.54 Å². The van der Waals surface area contributed by atoms with Gasteiger partial charge in [0.05, 0.1) is 6.92 Å². The number of hydrogen-bond acceptors (Lipinski definition) is 5. The number of fused-ring (bicyclic) bond motifs is 2. The number of piperidine rings is 1. The van der Waals surface area contributed by atoms with Gasteiger partial charge >= 0.3 is 11.9 Å². The van der Waals surface area contributed by atoms with Crippen molar-refractivity contribution < 1.29 is 24.1 Å². The van der Waals surface area contributed by atoms with E-state index in [1.807, 2.05) is 5.43 Å². The second-order valence-electron chi connectivity index (χ2n) is 4.45. The lowest BCUT2D eigenvalue weighted by atomic mass is 9.97. The van der Waals surface area contributed by atoms with Crippen molar-refractivity contribution >= 4 is 17.8 Å². The van der Waals surface area contributed by atoms with Crippen LogP contribution in [0.3, 0.4) is 0 Å². The molecular formula is C9H15N4O4+. The first kappa shape index (κ1) is 12.0. The molecule has 0 saturated carbocycles. The van der Waals surface area contributed by atoms with Crippen LogP contribution in [0.2, 0.25) is 0 Å². The Kier molecular flexibility index (Phi) is 2.64. The van der Waals surface area contributed by atoms with E-state index >= 15 is 0 Å². The van der Waals surface area contributed by atoms with E-state index in [-0.39, 0.29) is 6.54 Å². The third-order valence-corrected chi connectivity index (χ3v) is 3.69. The molecule has 2 rings (SSSR count). The van der Waals surface area contributed by atoms with Gasteiger partial charge in [0.25, 0.3) is 5.91 Å². The molecule has 2 bridgehead atoms. The molecule has 0 aromatic heterocycles. The minimum absolute atomic E-state index is 0.128. The Labute approximate surface area is 97.5 Å². The highest BCUT2D eigenvalue weighted by Crippen LogP contribution is 2.36. The molecule has 2 fully saturated rings. The summed E-state index contributed by atoms with van der Waals surface area (Å²) >= 11 is 0. The molecule has 4 N–H and O–H groups in total. The number of amides is 4. The summed E-state index contributed by atoms with van der Waals surface area (Å²) in [4.78, 5) is 35.4. The van der Waals surface area contributed by atoms with Crippen LogP contribution in [0.25, 0.3) is 0 Å². The number of nitrogens with zero attached hydrogens (tertiary/aromatic N) is 2. The van der Waals surface area contributed by atoms with Gasteiger partial charge < -0.3 is 0 Å². The van der Waals surface area contributed by atoms with Gasteiger partial charge in [0.2, 0.25) is 0 Å². The summed E-state index contributed by atoms with van der Waals surface area (Å²) in [5.74, 6) is 4.06. The standard InChI is InChI=1S/C9H14N4O4/c1-5(14)13-4-6(12(17)9(13)16)2-3-7(13)8(15)11-10/h6-7,17H,2-4,10H2,1H3/p+1/t6-,7+,13?/m1/s1. The topological polar surface area (TPSA) is 113 Å². The van der Waals surface area contributed by atoms with Gasteiger partial charge in [-0.2, -0.15) is 9.55 Å². The van der Waals surface area contributed by atoms with E-state index in [1.54, 1.807) is 0 Å². The number of hydrogen-bond donors (Lipinski definition) is 3. The zero-order valence-electron chi connectivity index (χ0n) is 9.42. The summed E-state index contributed by atoms with van der Waals surface area (Å²) in [6.07, 6.45) is 0.823. The van der Waals surface area contributed by atoms with Crippen molar-refractivity contribution in [3.8, 4) is 0 Å². The van der Waals surface area contributed by atoms with E-state index in [2.05, 4.69) is 0 Å². The number of quaternary nitrogens is 1. The highest BCUT2D eigenvalue weighted by Gasteiger charge is 2.64. The Morgan fingerprint density at radius 1 is 1.53 bits per heavy atom. The van der Waals surface area contributed by atoms with Crippen LogP contribution >= 0.6 is 0 Å². The van der Waals surface area contributed by atoms with E-state index in [9.17, 15) is 19.6 Å². The fourth-order valence-corrected chi connectivity index (χ4v) is 2.78. The van der Waals surface area contributed by atoms with E-state index < -0.39 is 34.4 Å². The highest BCUT2D eigenvalue weighted by molar-refractivity contribution is 5.90. The van der Waals surface area contributed by atoms with Crippen LogP contribution < -0.4 is 11.3 Å². The molecule has 4 amide bonds. The number of rotatable bonds is 1. The molecule has 0 spiro atoms. The van der Waals surface area contributed by atoms with Crippen molar-refractivity contribution in [2.24, 2.45) is 5.84 Å². The number of hydroxylamine groups is 2. The van der Waals surface area contributed by atoms with Crippen molar-refractivity contribution in [1.82, 2.24) is 10.5 Å². The monoisotopic (exact) mass is 243 g/mol. The summed E-state index contributed by atoms with van der Waals surface area (Å²) in [7, 11) is 0. The van der Waals surface area contributed by atoms with Crippen LogP contribution in [0.4, 0.5) is 4.79 Å². The molecule has 8 heteroatoms. The number of nitrogens with one attached hydrogen (secondary N) is 1. The minimum atomic E-state index is -0.849. The number of carbonyl (C=O) groups is 3. The predicted molar refractivity (Wildman–Crippen MR) is 54.0 cm³/mol. The second kappa shape index (κ2) is 3.76. The smallest absolute Gasteiger partial charge is 0.289 e. The van der Waals surface area contributed by atoms with Gasteiger partial charge in [-0.1, -0.05) is 0 Å². The van der Waals surface area contributed by atoms with Crippen LogP contribution in [-0.2, 0) is 9.59 Å². The Hall–Kier alpha value is -1.51. The van der Waals surface area contributed by atoms with Gasteiger partial charge in [0.15, 0.2) is 6.04 Å². The summed E-state index contributed by atoms with van der Waals surface area (Å²) in [6, 6.07) is -1.99. The average molecular weight is 243 g/mol. The molecule has 3 atom stereocenters. The lowest BCUT2D eigenvalue weighted by Gasteiger charge is -2.35. The van der Waals surface area contributed by atoms with Crippen LogP contribution in [-0.4, -0.2) is 51.2 Å². The zero-order chi connectivity index (χ0) is 12.8. The third kappa shape index (κ3) is 1.38. The first-order valence-electron chi connectivity index (χ1n) is 5.37. The SMILES string of the molecule is CC(=O)[N+]12C[C@@H](CC[C@H]1C(=O)NN)N(O)C2=O. The Morgan fingerprint density at radius 3 is 2.71 bits per heavy atom. The van der Waals surface area contributed by atoms with Gasteiger partial charge in [-0.3, -0.25) is 15.4 Å². The van der Waals surface area contributed by atoms with Crippen molar-refractivity contribution in [1.29, 1.82) is 0 Å². The van der Waals surface area contributed by atoms with Crippen LogP contribution in [0.5, 0.6) is 0 Å². The fraction of sp³-hybridized carbons (Fsp3) is 0.667. The Morgan fingerprint density at radius 2 is 2.18 bits per heavy atom. The zero-order valence-corrected chi connectivity index (χ0v) is 9.42. The van der Waals surface area contributed by atoms with Gasteiger partial charge in [-0.05, 0) is 6.42 Å². The average Bonchev–Trinajstić information content (AvgIpc) is 2.52. The van der Waals surface area contributed by atoms with E-state index in [0.717, 1.165) is 0 Å². The maximum atomic E-state index is 12.0. The molecule has 1 unspecified atom stereocenters. The summed E-state index contributed by atoms with van der Waals surface area (Å²) in [5, 5.41) is 10.2. The summed E-state index contributed by atoms with van der Waals surface area (Å²) in [5.41, 5.74) is 1.97. The number of nitrogens with two attached hydrogens (primary N) is 1. The minimum Gasteiger partial charge on any atom is -0.289 e. The molecule has 0 aromatic rings. The maximum absolute atomic E-state index is 12.0. The lowest BCUT2D eigenvalue weighted by molar-refractivity contribution is -0.788. The number of imide groups is 1. The molecule has 94 valence electrons. The molecule has 2 heterocycles. The lowest BCUT2D eigenvalue weighted by Crippen LogP contribution is -2.66. The molecule has 2 aliphatic heterocycles. The molecule has 2 saturated heterocycles. The van der Waals surface area contributed by atoms with Gasteiger partial charge in [-0.25, -0.2) is 15.4 Å². The molecule has 0 radical (unpaired) electrons. The molecule has 8 nitrogen and oxygen atoms in total. The highest BCUT2D eigenvalue weighted by atomic mass is 16.5. The van der Waals surface area contributed by atoms with Crippen molar-refractivity contribution in [3.05, 3.63) is 0 Å². The maximum Gasteiger partial charge on any atom is 0.451 e. The molecule has 0 aliphatic carbocycles. The van der Waals surface area contributed by atoms with E-state index in [1.165, 1.54) is 6.92 Å². The molecule has 0 aromatic carbocycles. The normalized spacial score (nSPS) is 35.9. The Bertz CT molecular complexity index is 398. The number of urea groups is 1. The van der Waals surface area contributed by atoms with E-state index in [4.69, 9.17) is 5.84 Å². The van der Waals surface area contributed by atoms with Gasteiger partial charge in [-0.15, -0.1) is 0 Å². The first-order valence-corrected chi connectivity index (χ1v) is 5.37. The van der Waals surface area contributed by atoms with Crippen LogP contribution in [0, 0.1) is 0 Å². The van der Waals surface area contributed by atoms with Gasteiger partial charge in [0.1, 0.15) is 12.6 Å². The van der Waals surface area contributed by atoms with E-state index in [0.29, 0.717) is 17.9 Å².